The van der Waals surface area contributed by atoms with E-state index in [-0.39, 0.29) is 11.9 Å². The van der Waals surface area contributed by atoms with Crippen LogP contribution in [0.3, 0.4) is 0 Å². The summed E-state index contributed by atoms with van der Waals surface area (Å²) < 4.78 is 14.0. The molecule has 20 heavy (non-hydrogen) atoms. The highest BCUT2D eigenvalue weighted by molar-refractivity contribution is 9.10. The van der Waals surface area contributed by atoms with E-state index in [9.17, 15) is 4.39 Å². The Kier molecular flexibility index (Phi) is 5.02. The number of hydrogen-bond acceptors (Lipinski definition) is 2. The van der Waals surface area contributed by atoms with Gasteiger partial charge in [0.15, 0.2) is 0 Å². The number of rotatable bonds is 4. The molecule has 0 amide bonds. The van der Waals surface area contributed by atoms with Crippen LogP contribution in [0.15, 0.2) is 40.9 Å². The van der Waals surface area contributed by atoms with E-state index in [4.69, 9.17) is 17.3 Å². The van der Waals surface area contributed by atoms with Crippen LogP contribution in [-0.4, -0.2) is 6.54 Å². The van der Waals surface area contributed by atoms with Gasteiger partial charge < -0.3 is 11.1 Å². The Bertz CT molecular complexity index is 619. The maximum Gasteiger partial charge on any atom is 0.137 e. The third-order valence-corrected chi connectivity index (χ3v) is 4.14. The maximum absolute atomic E-state index is 13.6. The average Bonchev–Trinajstić information content (AvgIpc) is 2.43. The fourth-order valence-electron chi connectivity index (χ4n) is 1.89. The fraction of sp³-hybridized carbons (Fsp3) is 0.200. The minimum atomic E-state index is -0.301. The van der Waals surface area contributed by atoms with Crippen LogP contribution < -0.4 is 11.1 Å². The summed E-state index contributed by atoms with van der Waals surface area (Å²) in [5, 5.41) is 3.96. The lowest BCUT2D eigenvalue weighted by molar-refractivity contribution is 0.615. The van der Waals surface area contributed by atoms with Crippen molar-refractivity contribution in [1.82, 2.24) is 0 Å². The normalized spacial score (nSPS) is 12.2. The first-order valence-electron chi connectivity index (χ1n) is 6.19. The van der Waals surface area contributed by atoms with Crippen LogP contribution in [0.1, 0.15) is 17.2 Å². The summed E-state index contributed by atoms with van der Waals surface area (Å²) in [5.74, 6) is -0.301. The number of hydrogen-bond donors (Lipinski definition) is 2. The van der Waals surface area contributed by atoms with E-state index in [1.807, 2.05) is 31.2 Å². The van der Waals surface area contributed by atoms with Crippen LogP contribution >= 0.6 is 27.5 Å². The molecule has 0 heterocycles. The van der Waals surface area contributed by atoms with E-state index in [0.717, 1.165) is 16.8 Å². The highest BCUT2D eigenvalue weighted by Gasteiger charge is 2.12. The smallest absolute Gasteiger partial charge is 0.137 e. The lowest BCUT2D eigenvalue weighted by Gasteiger charge is -2.19. The van der Waals surface area contributed by atoms with Gasteiger partial charge in [0, 0.05) is 17.3 Å². The fourth-order valence-corrected chi connectivity index (χ4v) is 2.32. The van der Waals surface area contributed by atoms with E-state index >= 15 is 0 Å². The van der Waals surface area contributed by atoms with Crippen LogP contribution in [0.2, 0.25) is 5.02 Å². The number of benzene rings is 2. The molecule has 0 aliphatic rings. The summed E-state index contributed by atoms with van der Waals surface area (Å²) in [6.07, 6.45) is 0. The molecule has 1 atom stereocenters. The van der Waals surface area contributed by atoms with Crippen LogP contribution in [0.4, 0.5) is 10.1 Å². The van der Waals surface area contributed by atoms with E-state index in [2.05, 4.69) is 21.2 Å². The first-order valence-corrected chi connectivity index (χ1v) is 7.36. The van der Waals surface area contributed by atoms with Crippen molar-refractivity contribution in [3.63, 3.8) is 0 Å². The van der Waals surface area contributed by atoms with E-state index in [1.54, 1.807) is 6.07 Å². The largest absolute Gasteiger partial charge is 0.377 e. The molecule has 2 nitrogen and oxygen atoms in total. The lowest BCUT2D eigenvalue weighted by Crippen LogP contribution is -2.20. The Morgan fingerprint density at radius 2 is 2.05 bits per heavy atom. The third kappa shape index (κ3) is 3.51. The number of nitrogens with one attached hydrogen (secondary N) is 1. The first kappa shape index (κ1) is 15.3. The van der Waals surface area contributed by atoms with E-state index < -0.39 is 0 Å². The first-order chi connectivity index (χ1) is 9.51. The molecule has 0 fully saturated rings. The molecule has 0 bridgehead atoms. The number of nitrogens with two attached hydrogens (primary N) is 1. The second kappa shape index (κ2) is 6.57. The highest BCUT2D eigenvalue weighted by atomic mass is 79.9. The molecule has 2 rings (SSSR count). The van der Waals surface area contributed by atoms with Crippen molar-refractivity contribution in [2.24, 2.45) is 5.73 Å². The van der Waals surface area contributed by atoms with Gasteiger partial charge in [-0.3, -0.25) is 0 Å². The molecule has 2 aromatic carbocycles. The second-order valence-electron chi connectivity index (χ2n) is 4.57. The second-order valence-corrected chi connectivity index (χ2v) is 5.83. The molecule has 2 aromatic rings. The molecule has 0 aromatic heterocycles. The molecule has 5 heteroatoms. The van der Waals surface area contributed by atoms with Crippen molar-refractivity contribution in [2.45, 2.75) is 13.0 Å². The minimum absolute atomic E-state index is 0.170. The van der Waals surface area contributed by atoms with Crippen LogP contribution in [-0.2, 0) is 0 Å². The number of halogens is 3. The quantitative estimate of drug-likeness (QED) is 0.835. The van der Waals surface area contributed by atoms with Gasteiger partial charge in [-0.15, -0.1) is 0 Å². The predicted molar refractivity (Wildman–Crippen MR) is 85.7 cm³/mol. The van der Waals surface area contributed by atoms with E-state index in [0.29, 0.717) is 16.0 Å². The summed E-state index contributed by atoms with van der Waals surface area (Å²) in [6.45, 7) is 2.29. The van der Waals surface area contributed by atoms with Crippen LogP contribution in [0.25, 0.3) is 0 Å². The monoisotopic (exact) mass is 356 g/mol. The van der Waals surface area contributed by atoms with Gasteiger partial charge in [-0.05, 0) is 58.2 Å². The summed E-state index contributed by atoms with van der Waals surface area (Å²) in [6, 6.07) is 10.5. The van der Waals surface area contributed by atoms with E-state index in [1.165, 1.54) is 6.07 Å². The maximum atomic E-state index is 13.6. The lowest BCUT2D eigenvalue weighted by atomic mass is 10.1. The Morgan fingerprint density at radius 3 is 2.65 bits per heavy atom. The molecule has 0 aliphatic carbocycles. The standard InChI is InChI=1S/C15H15BrClFN2/c1-9-2-4-11(7-13(9)17)20-15(8-19)10-3-5-12(16)14(18)6-10/h2-7,15,20H,8,19H2,1H3. The minimum Gasteiger partial charge on any atom is -0.377 e. The van der Waals surface area contributed by atoms with Crippen molar-refractivity contribution < 1.29 is 4.39 Å². The molecule has 0 saturated heterocycles. The van der Waals surface area contributed by atoms with Gasteiger partial charge in [-0.1, -0.05) is 23.7 Å². The summed E-state index contributed by atoms with van der Waals surface area (Å²) in [4.78, 5) is 0. The average molecular weight is 358 g/mol. The molecule has 0 spiro atoms. The SMILES string of the molecule is Cc1ccc(NC(CN)c2ccc(Br)c(F)c2)cc1Cl. The summed E-state index contributed by atoms with van der Waals surface area (Å²) >= 11 is 9.24. The van der Waals surface area contributed by atoms with Gasteiger partial charge in [-0.25, -0.2) is 4.39 Å². The molecule has 0 saturated carbocycles. The molecule has 0 radical (unpaired) electrons. The Labute approximate surface area is 131 Å². The highest BCUT2D eigenvalue weighted by Crippen LogP contribution is 2.26. The zero-order valence-electron chi connectivity index (χ0n) is 11.0. The Balaban J connectivity index is 2.23. The van der Waals surface area contributed by atoms with Gasteiger partial charge in [0.2, 0.25) is 0 Å². The van der Waals surface area contributed by atoms with Crippen LogP contribution in [0.5, 0.6) is 0 Å². The van der Waals surface area contributed by atoms with Crippen molar-refractivity contribution >= 4 is 33.2 Å². The zero-order valence-corrected chi connectivity index (χ0v) is 13.3. The van der Waals surface area contributed by atoms with Crippen molar-refractivity contribution in [2.75, 3.05) is 11.9 Å². The summed E-state index contributed by atoms with van der Waals surface area (Å²) in [7, 11) is 0. The van der Waals surface area contributed by atoms with Crippen molar-refractivity contribution in [3.05, 3.63) is 62.8 Å². The molecular weight excluding hydrogens is 343 g/mol. The number of anilines is 1. The van der Waals surface area contributed by atoms with Crippen LogP contribution in [0, 0.1) is 12.7 Å². The Hall–Kier alpha value is -1.10. The van der Waals surface area contributed by atoms with Gasteiger partial charge in [0.05, 0.1) is 10.5 Å². The number of aryl methyl sites for hydroxylation is 1. The zero-order chi connectivity index (χ0) is 14.7. The van der Waals surface area contributed by atoms with Gasteiger partial charge in [0.25, 0.3) is 0 Å². The molecule has 0 aliphatic heterocycles. The van der Waals surface area contributed by atoms with Gasteiger partial charge in [-0.2, -0.15) is 0 Å². The molecule has 1 unspecified atom stereocenters. The molecular formula is C15H15BrClFN2. The topological polar surface area (TPSA) is 38.0 Å². The summed E-state index contributed by atoms with van der Waals surface area (Å²) in [5.41, 5.74) is 8.45. The van der Waals surface area contributed by atoms with Crippen molar-refractivity contribution in [3.8, 4) is 0 Å². The van der Waals surface area contributed by atoms with Gasteiger partial charge in [0.1, 0.15) is 5.82 Å². The Morgan fingerprint density at radius 1 is 1.30 bits per heavy atom. The third-order valence-electron chi connectivity index (χ3n) is 3.09. The van der Waals surface area contributed by atoms with Crippen molar-refractivity contribution in [1.29, 1.82) is 0 Å². The molecule has 106 valence electrons. The molecule has 3 N–H and O–H groups in total. The predicted octanol–water partition coefficient (Wildman–Crippen LogP) is 4.66. The van der Waals surface area contributed by atoms with Gasteiger partial charge >= 0.3 is 0 Å².